The van der Waals surface area contributed by atoms with Crippen LogP contribution < -0.4 is 5.32 Å². The molecule has 0 spiro atoms. The molecule has 10 heavy (non-hydrogen) atoms. The fraction of sp³-hybridized carbons (Fsp3) is 1.00. The number of hydrogen-bond acceptors (Lipinski definition) is 2. The molecule has 0 bridgehead atoms. The summed E-state index contributed by atoms with van der Waals surface area (Å²) in [6, 6.07) is 0. The highest BCUT2D eigenvalue weighted by molar-refractivity contribution is 4.70. The van der Waals surface area contributed by atoms with Crippen molar-refractivity contribution < 1.29 is 4.74 Å². The molecule has 0 aromatic rings. The summed E-state index contributed by atoms with van der Waals surface area (Å²) in [6.45, 7) is 8.57. The van der Waals surface area contributed by atoms with Crippen molar-refractivity contribution in [3.63, 3.8) is 0 Å². The number of rotatable bonds is 1. The summed E-state index contributed by atoms with van der Waals surface area (Å²) >= 11 is 0. The van der Waals surface area contributed by atoms with Gasteiger partial charge in [-0.15, -0.1) is 0 Å². The van der Waals surface area contributed by atoms with Crippen LogP contribution in [0.4, 0.5) is 0 Å². The lowest BCUT2D eigenvalue weighted by atomic mass is 9.96. The van der Waals surface area contributed by atoms with Crippen molar-refractivity contribution in [3.8, 4) is 0 Å². The Kier molecular flexibility index (Phi) is 2.69. The summed E-state index contributed by atoms with van der Waals surface area (Å²) in [5.41, 5.74) is 0. The number of ether oxygens (including phenoxy) is 1. The molecule has 1 fully saturated rings. The van der Waals surface area contributed by atoms with E-state index in [4.69, 9.17) is 4.74 Å². The van der Waals surface area contributed by atoms with E-state index in [2.05, 4.69) is 26.1 Å². The molecule has 2 atom stereocenters. The second-order valence-corrected chi connectivity index (χ2v) is 3.39. The van der Waals surface area contributed by atoms with Crippen LogP contribution in [0.2, 0.25) is 0 Å². The lowest BCUT2D eigenvalue weighted by Crippen LogP contribution is -2.43. The van der Waals surface area contributed by atoms with Gasteiger partial charge in [0.05, 0.1) is 6.61 Å². The van der Waals surface area contributed by atoms with Gasteiger partial charge in [-0.1, -0.05) is 13.8 Å². The highest BCUT2D eigenvalue weighted by Crippen LogP contribution is 2.14. The summed E-state index contributed by atoms with van der Waals surface area (Å²) in [7, 11) is 0. The molecule has 1 N–H and O–H groups in total. The molecule has 2 heteroatoms. The van der Waals surface area contributed by atoms with Gasteiger partial charge in [0.25, 0.3) is 0 Å². The van der Waals surface area contributed by atoms with Gasteiger partial charge >= 0.3 is 0 Å². The first-order chi connectivity index (χ1) is 4.70. The topological polar surface area (TPSA) is 21.3 Å². The van der Waals surface area contributed by atoms with E-state index in [-0.39, 0.29) is 6.23 Å². The van der Waals surface area contributed by atoms with Gasteiger partial charge in [0.1, 0.15) is 6.23 Å². The van der Waals surface area contributed by atoms with E-state index < -0.39 is 0 Å². The molecule has 0 amide bonds. The second-order valence-electron chi connectivity index (χ2n) is 3.39. The maximum atomic E-state index is 5.44. The Labute approximate surface area is 63.0 Å². The normalized spacial score (nSPS) is 34.8. The Morgan fingerprint density at radius 2 is 2.20 bits per heavy atom. The predicted octanol–water partition coefficient (Wildman–Crippen LogP) is 1.22. The molecule has 0 aromatic heterocycles. The Bertz CT molecular complexity index is 95.4. The average Bonchev–Trinajstić information content (AvgIpc) is 1.88. The maximum Gasteiger partial charge on any atom is 0.105 e. The molecule has 1 aliphatic rings. The molecule has 1 rings (SSSR count). The fourth-order valence-corrected chi connectivity index (χ4v) is 1.13. The highest BCUT2D eigenvalue weighted by Gasteiger charge is 2.19. The molecule has 2 nitrogen and oxygen atoms in total. The summed E-state index contributed by atoms with van der Waals surface area (Å²) in [5.74, 6) is 1.44. The zero-order chi connectivity index (χ0) is 7.56. The van der Waals surface area contributed by atoms with Crippen molar-refractivity contribution in [1.29, 1.82) is 0 Å². The molecule has 0 saturated carbocycles. The minimum atomic E-state index is 0.259. The minimum Gasteiger partial charge on any atom is -0.363 e. The fourth-order valence-electron chi connectivity index (χ4n) is 1.13. The minimum absolute atomic E-state index is 0.259. The van der Waals surface area contributed by atoms with Crippen molar-refractivity contribution in [2.24, 2.45) is 11.8 Å². The van der Waals surface area contributed by atoms with Crippen LogP contribution in [0.15, 0.2) is 0 Å². The average molecular weight is 143 g/mol. The van der Waals surface area contributed by atoms with Crippen molar-refractivity contribution in [1.82, 2.24) is 5.32 Å². The van der Waals surface area contributed by atoms with E-state index in [1.807, 2.05) is 0 Å². The third-order valence-corrected chi connectivity index (χ3v) is 2.17. The SMILES string of the molecule is CC1NCC(C(C)C)CO1. The monoisotopic (exact) mass is 143 g/mol. The lowest BCUT2D eigenvalue weighted by molar-refractivity contribution is -0.0282. The third-order valence-electron chi connectivity index (χ3n) is 2.17. The van der Waals surface area contributed by atoms with Crippen LogP contribution >= 0.6 is 0 Å². The molecule has 1 heterocycles. The summed E-state index contributed by atoms with van der Waals surface area (Å²) in [5, 5.41) is 3.29. The van der Waals surface area contributed by atoms with Crippen molar-refractivity contribution in [2.45, 2.75) is 27.0 Å². The van der Waals surface area contributed by atoms with E-state index in [9.17, 15) is 0 Å². The van der Waals surface area contributed by atoms with Gasteiger partial charge < -0.3 is 4.74 Å². The first kappa shape index (κ1) is 8.02. The summed E-state index contributed by atoms with van der Waals surface area (Å²) in [4.78, 5) is 0. The van der Waals surface area contributed by atoms with Crippen LogP contribution in [0.5, 0.6) is 0 Å². The Hall–Kier alpha value is -0.0800. The van der Waals surface area contributed by atoms with E-state index in [1.54, 1.807) is 0 Å². The molecule has 0 radical (unpaired) electrons. The first-order valence-corrected chi connectivity index (χ1v) is 4.05. The second kappa shape index (κ2) is 3.35. The standard InChI is InChI=1S/C8H17NO/c1-6(2)8-4-9-7(3)10-5-8/h6-9H,4-5H2,1-3H3. The summed E-state index contributed by atoms with van der Waals surface area (Å²) < 4.78 is 5.44. The van der Waals surface area contributed by atoms with E-state index in [0.29, 0.717) is 5.92 Å². The molecule has 2 unspecified atom stereocenters. The predicted molar refractivity (Wildman–Crippen MR) is 41.7 cm³/mol. The molecule has 1 aliphatic heterocycles. The zero-order valence-electron chi connectivity index (χ0n) is 7.05. The van der Waals surface area contributed by atoms with Crippen LogP contribution in [0.25, 0.3) is 0 Å². The quantitative estimate of drug-likeness (QED) is 0.596. The van der Waals surface area contributed by atoms with E-state index >= 15 is 0 Å². The number of hydrogen-bond donors (Lipinski definition) is 1. The van der Waals surface area contributed by atoms with Crippen LogP contribution in [0.1, 0.15) is 20.8 Å². The van der Waals surface area contributed by atoms with Gasteiger partial charge in [-0.25, -0.2) is 0 Å². The Morgan fingerprint density at radius 3 is 2.60 bits per heavy atom. The molecular weight excluding hydrogens is 126 g/mol. The maximum absolute atomic E-state index is 5.44. The van der Waals surface area contributed by atoms with Crippen LogP contribution in [0, 0.1) is 11.8 Å². The van der Waals surface area contributed by atoms with Crippen LogP contribution in [0.3, 0.4) is 0 Å². The molecule has 1 saturated heterocycles. The van der Waals surface area contributed by atoms with Gasteiger partial charge in [-0.3, -0.25) is 5.32 Å². The number of nitrogens with one attached hydrogen (secondary N) is 1. The van der Waals surface area contributed by atoms with Gasteiger partial charge in [0.15, 0.2) is 0 Å². The Balaban J connectivity index is 2.26. The summed E-state index contributed by atoms with van der Waals surface area (Å²) in [6.07, 6.45) is 0.259. The molecule has 0 aromatic carbocycles. The zero-order valence-corrected chi connectivity index (χ0v) is 7.05. The van der Waals surface area contributed by atoms with Gasteiger partial charge in [-0.05, 0) is 18.8 Å². The van der Waals surface area contributed by atoms with Crippen molar-refractivity contribution >= 4 is 0 Å². The molecule has 60 valence electrons. The first-order valence-electron chi connectivity index (χ1n) is 4.05. The largest absolute Gasteiger partial charge is 0.363 e. The van der Waals surface area contributed by atoms with Gasteiger partial charge in [0, 0.05) is 6.54 Å². The Morgan fingerprint density at radius 1 is 1.50 bits per heavy atom. The third kappa shape index (κ3) is 1.96. The molecular formula is C8H17NO. The van der Waals surface area contributed by atoms with Crippen LogP contribution in [-0.2, 0) is 4.74 Å². The highest BCUT2D eigenvalue weighted by atomic mass is 16.5. The van der Waals surface area contributed by atoms with Crippen molar-refractivity contribution in [2.75, 3.05) is 13.2 Å². The van der Waals surface area contributed by atoms with E-state index in [0.717, 1.165) is 19.1 Å². The van der Waals surface area contributed by atoms with E-state index in [1.165, 1.54) is 0 Å². The van der Waals surface area contributed by atoms with Crippen molar-refractivity contribution in [3.05, 3.63) is 0 Å². The van der Waals surface area contributed by atoms with Crippen LogP contribution in [-0.4, -0.2) is 19.4 Å². The lowest BCUT2D eigenvalue weighted by Gasteiger charge is -2.30. The smallest absolute Gasteiger partial charge is 0.105 e. The van der Waals surface area contributed by atoms with Gasteiger partial charge in [-0.2, -0.15) is 0 Å². The molecule has 0 aliphatic carbocycles. The van der Waals surface area contributed by atoms with Gasteiger partial charge in [0.2, 0.25) is 0 Å².